The summed E-state index contributed by atoms with van der Waals surface area (Å²) in [6.45, 7) is 6.59. The normalized spacial score (nSPS) is 14.8. The number of nitrogens with zero attached hydrogens (tertiary/aromatic N) is 1. The Morgan fingerprint density at radius 1 is 1.35 bits per heavy atom. The molecule has 128 valence electrons. The zero-order valence-electron chi connectivity index (χ0n) is 14.0. The van der Waals surface area contributed by atoms with Crippen LogP contribution in [0.15, 0.2) is 24.3 Å². The molecule has 0 unspecified atom stereocenters. The van der Waals surface area contributed by atoms with Crippen molar-refractivity contribution in [2.24, 2.45) is 11.8 Å². The first-order valence-corrected chi connectivity index (χ1v) is 9.68. The van der Waals surface area contributed by atoms with Gasteiger partial charge in [-0.3, -0.25) is 4.79 Å². The SMILES string of the molecule is CCS(=O)(=O)Oc1cccc(CN(CC2CC2)C(=O)C(C)C)c1. The van der Waals surface area contributed by atoms with Crippen molar-refractivity contribution >= 4 is 16.0 Å². The van der Waals surface area contributed by atoms with Crippen LogP contribution in [0.1, 0.15) is 39.2 Å². The van der Waals surface area contributed by atoms with Gasteiger partial charge in [0.25, 0.3) is 0 Å². The third kappa shape index (κ3) is 5.53. The lowest BCUT2D eigenvalue weighted by Gasteiger charge is -2.25. The first-order chi connectivity index (χ1) is 10.8. The first-order valence-electron chi connectivity index (χ1n) is 8.10. The monoisotopic (exact) mass is 339 g/mol. The Bertz CT molecular complexity index is 650. The van der Waals surface area contributed by atoms with Crippen LogP contribution in [0.25, 0.3) is 0 Å². The second kappa shape index (κ2) is 7.34. The molecule has 1 aromatic rings. The second-order valence-corrected chi connectivity index (χ2v) is 8.25. The summed E-state index contributed by atoms with van der Waals surface area (Å²) in [5.74, 6) is 0.917. The van der Waals surface area contributed by atoms with Gasteiger partial charge in [-0.25, -0.2) is 0 Å². The average molecular weight is 339 g/mol. The Labute approximate surface area is 138 Å². The summed E-state index contributed by atoms with van der Waals surface area (Å²) >= 11 is 0. The van der Waals surface area contributed by atoms with E-state index >= 15 is 0 Å². The van der Waals surface area contributed by atoms with Crippen LogP contribution in [0.2, 0.25) is 0 Å². The van der Waals surface area contributed by atoms with E-state index in [0.717, 1.165) is 12.1 Å². The molecule has 0 radical (unpaired) electrons. The predicted octanol–water partition coefficient (Wildman–Crippen LogP) is 2.81. The van der Waals surface area contributed by atoms with Crippen LogP contribution < -0.4 is 4.18 Å². The number of amides is 1. The van der Waals surface area contributed by atoms with Crippen molar-refractivity contribution in [3.8, 4) is 5.75 Å². The fourth-order valence-electron chi connectivity index (χ4n) is 2.33. The summed E-state index contributed by atoms with van der Waals surface area (Å²) in [6, 6.07) is 6.96. The minimum absolute atomic E-state index is 0.0475. The van der Waals surface area contributed by atoms with Crippen LogP contribution in [0, 0.1) is 11.8 Å². The zero-order valence-corrected chi connectivity index (χ0v) is 14.8. The molecule has 0 atom stereocenters. The van der Waals surface area contributed by atoms with Crippen molar-refractivity contribution in [1.29, 1.82) is 0 Å². The summed E-state index contributed by atoms with van der Waals surface area (Å²) in [7, 11) is -3.54. The molecule has 1 aromatic carbocycles. The number of carbonyl (C=O) groups is 1. The largest absolute Gasteiger partial charge is 0.382 e. The summed E-state index contributed by atoms with van der Waals surface area (Å²) < 4.78 is 28.2. The summed E-state index contributed by atoms with van der Waals surface area (Å²) in [5, 5.41) is 0. The quantitative estimate of drug-likeness (QED) is 0.683. The van der Waals surface area contributed by atoms with Crippen molar-refractivity contribution < 1.29 is 17.4 Å². The molecule has 2 rings (SSSR count). The average Bonchev–Trinajstić information content (AvgIpc) is 3.29. The standard InChI is InChI=1S/C17H25NO4S/c1-4-23(20,21)22-16-7-5-6-15(10-16)12-18(11-14-8-9-14)17(19)13(2)3/h5-7,10,13-14H,4,8-9,11-12H2,1-3H3. The Hall–Kier alpha value is -1.56. The lowest BCUT2D eigenvalue weighted by Crippen LogP contribution is -2.35. The van der Waals surface area contributed by atoms with Crippen LogP contribution in [-0.4, -0.2) is 31.5 Å². The highest BCUT2D eigenvalue weighted by Crippen LogP contribution is 2.31. The van der Waals surface area contributed by atoms with E-state index in [1.165, 1.54) is 19.8 Å². The number of hydrogen-bond donors (Lipinski definition) is 0. The molecule has 0 spiro atoms. The van der Waals surface area contributed by atoms with Gasteiger partial charge in [-0.1, -0.05) is 26.0 Å². The molecule has 0 aliphatic heterocycles. The zero-order chi connectivity index (χ0) is 17.0. The van der Waals surface area contributed by atoms with Gasteiger partial charge in [-0.15, -0.1) is 0 Å². The Balaban J connectivity index is 2.11. The third-order valence-corrected chi connectivity index (χ3v) is 4.98. The Morgan fingerprint density at radius 2 is 2.04 bits per heavy atom. The van der Waals surface area contributed by atoms with Gasteiger partial charge >= 0.3 is 10.1 Å². The van der Waals surface area contributed by atoms with Gasteiger partial charge in [0.15, 0.2) is 0 Å². The molecule has 23 heavy (non-hydrogen) atoms. The van der Waals surface area contributed by atoms with E-state index in [1.807, 2.05) is 24.8 Å². The molecule has 1 amide bonds. The lowest BCUT2D eigenvalue weighted by molar-refractivity contribution is -0.135. The van der Waals surface area contributed by atoms with E-state index in [-0.39, 0.29) is 17.6 Å². The molecule has 0 aromatic heterocycles. The van der Waals surface area contributed by atoms with Crippen molar-refractivity contribution in [2.45, 2.75) is 40.2 Å². The van der Waals surface area contributed by atoms with Crippen LogP contribution >= 0.6 is 0 Å². The highest BCUT2D eigenvalue weighted by Gasteiger charge is 2.27. The lowest BCUT2D eigenvalue weighted by atomic mass is 10.1. The van der Waals surface area contributed by atoms with Crippen LogP contribution in [0.3, 0.4) is 0 Å². The van der Waals surface area contributed by atoms with Crippen molar-refractivity contribution in [1.82, 2.24) is 4.90 Å². The van der Waals surface area contributed by atoms with Crippen molar-refractivity contribution in [3.63, 3.8) is 0 Å². The third-order valence-electron chi connectivity index (χ3n) is 3.83. The van der Waals surface area contributed by atoms with E-state index in [9.17, 15) is 13.2 Å². The molecule has 0 saturated heterocycles. The van der Waals surface area contributed by atoms with Crippen molar-refractivity contribution in [3.05, 3.63) is 29.8 Å². The topological polar surface area (TPSA) is 63.7 Å². The van der Waals surface area contributed by atoms with E-state index < -0.39 is 10.1 Å². The fraction of sp³-hybridized carbons (Fsp3) is 0.588. The van der Waals surface area contributed by atoms with E-state index in [2.05, 4.69) is 0 Å². The highest BCUT2D eigenvalue weighted by atomic mass is 32.2. The molecule has 1 aliphatic rings. The van der Waals surface area contributed by atoms with Gasteiger partial charge < -0.3 is 9.08 Å². The predicted molar refractivity (Wildman–Crippen MR) is 89.5 cm³/mol. The summed E-state index contributed by atoms with van der Waals surface area (Å²) in [4.78, 5) is 14.2. The fourth-order valence-corrected chi connectivity index (χ4v) is 2.85. The summed E-state index contributed by atoms with van der Waals surface area (Å²) in [5.41, 5.74) is 0.878. The molecule has 0 heterocycles. The van der Waals surface area contributed by atoms with E-state index in [1.54, 1.807) is 18.2 Å². The Morgan fingerprint density at radius 3 is 2.61 bits per heavy atom. The molecule has 1 aliphatic carbocycles. The van der Waals surface area contributed by atoms with Gasteiger partial charge in [-0.2, -0.15) is 8.42 Å². The second-order valence-electron chi connectivity index (χ2n) is 6.39. The van der Waals surface area contributed by atoms with Crippen LogP contribution in [-0.2, 0) is 21.5 Å². The molecule has 1 saturated carbocycles. The van der Waals surface area contributed by atoms with E-state index in [0.29, 0.717) is 18.2 Å². The maximum atomic E-state index is 12.4. The summed E-state index contributed by atoms with van der Waals surface area (Å²) in [6.07, 6.45) is 2.36. The molecular weight excluding hydrogens is 314 g/mol. The van der Waals surface area contributed by atoms with Crippen LogP contribution in [0.5, 0.6) is 5.75 Å². The van der Waals surface area contributed by atoms with Gasteiger partial charge in [0, 0.05) is 19.0 Å². The van der Waals surface area contributed by atoms with Gasteiger partial charge in [-0.05, 0) is 43.4 Å². The molecule has 6 heteroatoms. The number of benzene rings is 1. The molecule has 0 bridgehead atoms. The Kier molecular flexibility index (Phi) is 5.68. The highest BCUT2D eigenvalue weighted by molar-refractivity contribution is 7.87. The first kappa shape index (κ1) is 17.8. The maximum absolute atomic E-state index is 12.4. The molecular formula is C17H25NO4S. The number of hydrogen-bond acceptors (Lipinski definition) is 4. The smallest absolute Gasteiger partial charge is 0.308 e. The molecule has 0 N–H and O–H groups in total. The van der Waals surface area contributed by atoms with Gasteiger partial charge in [0.2, 0.25) is 5.91 Å². The van der Waals surface area contributed by atoms with E-state index in [4.69, 9.17) is 4.18 Å². The maximum Gasteiger partial charge on any atom is 0.308 e. The number of rotatable bonds is 8. The van der Waals surface area contributed by atoms with Crippen molar-refractivity contribution in [2.75, 3.05) is 12.3 Å². The number of carbonyl (C=O) groups excluding carboxylic acids is 1. The van der Waals surface area contributed by atoms with Gasteiger partial charge in [0.05, 0.1) is 5.75 Å². The minimum Gasteiger partial charge on any atom is -0.382 e. The van der Waals surface area contributed by atoms with Crippen LogP contribution in [0.4, 0.5) is 0 Å². The molecule has 1 fully saturated rings. The molecule has 5 nitrogen and oxygen atoms in total. The minimum atomic E-state index is -3.54. The van der Waals surface area contributed by atoms with Gasteiger partial charge in [0.1, 0.15) is 5.75 Å².